The van der Waals surface area contributed by atoms with Gasteiger partial charge in [0, 0.05) is 8.95 Å². The number of halogens is 2. The van der Waals surface area contributed by atoms with Crippen LogP contribution in [-0.4, -0.2) is 0 Å². The Balaban J connectivity index is 1.96. The smallest absolute Gasteiger partial charge is 0.0991 e. The highest BCUT2D eigenvalue weighted by Crippen LogP contribution is 2.27. The van der Waals surface area contributed by atoms with Crippen LogP contribution in [0.5, 0.6) is 0 Å². The second-order valence-electron chi connectivity index (χ2n) is 5.64. The highest BCUT2D eigenvalue weighted by molar-refractivity contribution is 9.10. The van der Waals surface area contributed by atoms with Gasteiger partial charge in [-0.25, -0.2) is 0 Å². The summed E-state index contributed by atoms with van der Waals surface area (Å²) in [5, 5.41) is 8.92. The normalized spacial score (nSPS) is 10.1. The van der Waals surface area contributed by atoms with Crippen LogP contribution in [0.15, 0.2) is 87.8 Å². The predicted molar refractivity (Wildman–Crippen MR) is 110 cm³/mol. The molecule has 0 aromatic heterocycles. The Morgan fingerprint density at radius 1 is 0.760 bits per heavy atom. The second kappa shape index (κ2) is 8.29. The summed E-state index contributed by atoms with van der Waals surface area (Å²) in [6.07, 6.45) is 3.06. The summed E-state index contributed by atoms with van der Waals surface area (Å²) in [5.41, 5.74) is 5.43. The van der Waals surface area contributed by atoms with Gasteiger partial charge in [0.05, 0.1) is 11.6 Å². The average molecular weight is 453 g/mol. The highest BCUT2D eigenvalue weighted by atomic mass is 79.9. The SMILES string of the molecule is N#Cc1ccc(CC=C(c2ccc(Br)cc2)c2ccc(Br)cc2)cc1. The molecule has 0 amide bonds. The van der Waals surface area contributed by atoms with Crippen LogP contribution in [0.4, 0.5) is 0 Å². The van der Waals surface area contributed by atoms with Crippen molar-refractivity contribution in [1.29, 1.82) is 5.26 Å². The number of allylic oxidation sites excluding steroid dienone is 1. The molecule has 0 N–H and O–H groups in total. The third-order valence-electron chi connectivity index (χ3n) is 3.94. The van der Waals surface area contributed by atoms with E-state index in [0.29, 0.717) is 5.56 Å². The fraction of sp³-hybridized carbons (Fsp3) is 0.0455. The molecule has 3 aromatic rings. The second-order valence-corrected chi connectivity index (χ2v) is 7.48. The maximum atomic E-state index is 8.92. The third-order valence-corrected chi connectivity index (χ3v) is 4.99. The molecule has 0 aliphatic heterocycles. The van der Waals surface area contributed by atoms with Gasteiger partial charge in [0.15, 0.2) is 0 Å². The first-order valence-corrected chi connectivity index (χ1v) is 9.45. The zero-order valence-electron chi connectivity index (χ0n) is 13.4. The van der Waals surface area contributed by atoms with Crippen molar-refractivity contribution in [2.45, 2.75) is 6.42 Å². The molecule has 0 spiro atoms. The van der Waals surface area contributed by atoms with Crippen molar-refractivity contribution in [3.8, 4) is 6.07 Å². The van der Waals surface area contributed by atoms with Crippen molar-refractivity contribution in [3.05, 3.63) is 110 Å². The lowest BCUT2D eigenvalue weighted by molar-refractivity contribution is 1.26. The molecule has 0 saturated heterocycles. The van der Waals surface area contributed by atoms with E-state index < -0.39 is 0 Å². The van der Waals surface area contributed by atoms with Crippen molar-refractivity contribution < 1.29 is 0 Å². The van der Waals surface area contributed by atoms with Crippen LogP contribution >= 0.6 is 31.9 Å². The lowest BCUT2D eigenvalue weighted by Crippen LogP contribution is -1.91. The van der Waals surface area contributed by atoms with E-state index in [4.69, 9.17) is 5.26 Å². The van der Waals surface area contributed by atoms with Crippen LogP contribution in [0.1, 0.15) is 22.3 Å². The van der Waals surface area contributed by atoms with Gasteiger partial charge in [0.25, 0.3) is 0 Å². The van der Waals surface area contributed by atoms with Gasteiger partial charge in [-0.2, -0.15) is 5.26 Å². The molecule has 0 unspecified atom stereocenters. The van der Waals surface area contributed by atoms with Gasteiger partial charge in [0.1, 0.15) is 0 Å². The molecule has 0 fully saturated rings. The minimum atomic E-state index is 0.689. The fourth-order valence-corrected chi connectivity index (χ4v) is 3.13. The van der Waals surface area contributed by atoms with Gasteiger partial charge < -0.3 is 0 Å². The Kier molecular flexibility index (Phi) is 5.86. The van der Waals surface area contributed by atoms with Gasteiger partial charge in [-0.15, -0.1) is 0 Å². The monoisotopic (exact) mass is 451 g/mol. The van der Waals surface area contributed by atoms with E-state index >= 15 is 0 Å². The summed E-state index contributed by atoms with van der Waals surface area (Å²) in [6, 6.07) is 26.6. The van der Waals surface area contributed by atoms with E-state index in [0.717, 1.165) is 15.4 Å². The molecule has 3 heteroatoms. The topological polar surface area (TPSA) is 23.8 Å². The Bertz CT molecular complexity index is 868. The zero-order valence-corrected chi connectivity index (χ0v) is 16.6. The Morgan fingerprint density at radius 2 is 1.24 bits per heavy atom. The predicted octanol–water partition coefficient (Wildman–Crippen LogP) is 6.76. The maximum Gasteiger partial charge on any atom is 0.0991 e. The summed E-state index contributed by atoms with van der Waals surface area (Å²) >= 11 is 7.00. The number of benzene rings is 3. The summed E-state index contributed by atoms with van der Waals surface area (Å²) in [5.74, 6) is 0. The van der Waals surface area contributed by atoms with Crippen molar-refractivity contribution in [2.24, 2.45) is 0 Å². The molecule has 0 aliphatic rings. The Morgan fingerprint density at radius 3 is 1.68 bits per heavy atom. The molecule has 0 bridgehead atoms. The first-order valence-electron chi connectivity index (χ1n) is 7.87. The third kappa shape index (κ3) is 4.69. The van der Waals surface area contributed by atoms with E-state index in [9.17, 15) is 0 Å². The van der Waals surface area contributed by atoms with Gasteiger partial charge in [-0.3, -0.25) is 0 Å². The fourth-order valence-electron chi connectivity index (χ4n) is 2.60. The Hall–Kier alpha value is -2.15. The van der Waals surface area contributed by atoms with E-state index in [1.807, 2.05) is 24.3 Å². The lowest BCUT2D eigenvalue weighted by atomic mass is 9.96. The van der Waals surface area contributed by atoms with E-state index in [1.165, 1.54) is 22.3 Å². The van der Waals surface area contributed by atoms with Crippen molar-refractivity contribution >= 4 is 37.4 Å². The molecular formula is C22H15Br2N. The van der Waals surface area contributed by atoms with Gasteiger partial charge >= 0.3 is 0 Å². The zero-order chi connectivity index (χ0) is 17.6. The number of nitrogens with zero attached hydrogens (tertiary/aromatic N) is 1. The van der Waals surface area contributed by atoms with Crippen LogP contribution < -0.4 is 0 Å². The quantitative estimate of drug-likeness (QED) is 0.429. The number of hydrogen-bond donors (Lipinski definition) is 0. The molecule has 1 nitrogen and oxygen atoms in total. The van der Waals surface area contributed by atoms with E-state index in [1.54, 1.807) is 0 Å². The summed E-state index contributed by atoms with van der Waals surface area (Å²) < 4.78 is 2.14. The highest BCUT2D eigenvalue weighted by Gasteiger charge is 2.05. The largest absolute Gasteiger partial charge is 0.192 e. The minimum absolute atomic E-state index is 0.689. The van der Waals surface area contributed by atoms with Crippen LogP contribution in [0.3, 0.4) is 0 Å². The molecule has 0 atom stereocenters. The summed E-state index contributed by atoms with van der Waals surface area (Å²) in [6.45, 7) is 0. The molecule has 0 saturated carbocycles. The van der Waals surface area contributed by atoms with Gasteiger partial charge in [-0.1, -0.05) is 74.3 Å². The number of nitriles is 1. The molecule has 122 valence electrons. The summed E-state index contributed by atoms with van der Waals surface area (Å²) in [7, 11) is 0. The van der Waals surface area contributed by atoms with Crippen LogP contribution in [0, 0.1) is 11.3 Å². The molecular weight excluding hydrogens is 438 g/mol. The lowest BCUT2D eigenvalue weighted by Gasteiger charge is -2.10. The van der Waals surface area contributed by atoms with Crippen LogP contribution in [-0.2, 0) is 6.42 Å². The first kappa shape index (κ1) is 17.7. The van der Waals surface area contributed by atoms with E-state index in [2.05, 4.69) is 92.5 Å². The number of hydrogen-bond acceptors (Lipinski definition) is 1. The molecule has 0 aliphatic carbocycles. The summed E-state index contributed by atoms with van der Waals surface area (Å²) in [4.78, 5) is 0. The van der Waals surface area contributed by atoms with Gasteiger partial charge in [-0.05, 0) is 65.1 Å². The molecule has 3 aromatic carbocycles. The minimum Gasteiger partial charge on any atom is -0.192 e. The average Bonchev–Trinajstić information content (AvgIpc) is 2.65. The van der Waals surface area contributed by atoms with Crippen molar-refractivity contribution in [1.82, 2.24) is 0 Å². The maximum absolute atomic E-state index is 8.92. The Labute approximate surface area is 164 Å². The molecule has 25 heavy (non-hydrogen) atoms. The van der Waals surface area contributed by atoms with Crippen molar-refractivity contribution in [2.75, 3.05) is 0 Å². The molecule has 0 heterocycles. The standard InChI is InChI=1S/C22H15Br2N/c23-20-10-6-18(7-11-20)22(19-8-12-21(24)13-9-19)14-5-16-1-3-17(15-25)4-2-16/h1-4,6-14H,5H2. The van der Waals surface area contributed by atoms with Crippen LogP contribution in [0.25, 0.3) is 5.57 Å². The van der Waals surface area contributed by atoms with Gasteiger partial charge in [0.2, 0.25) is 0 Å². The van der Waals surface area contributed by atoms with Crippen molar-refractivity contribution in [3.63, 3.8) is 0 Å². The van der Waals surface area contributed by atoms with Crippen LogP contribution in [0.2, 0.25) is 0 Å². The molecule has 0 radical (unpaired) electrons. The van der Waals surface area contributed by atoms with E-state index in [-0.39, 0.29) is 0 Å². The molecule has 3 rings (SSSR count). The number of rotatable bonds is 4. The first-order chi connectivity index (χ1) is 12.2.